The SMILES string of the molecule is N[C@H]1CC(c2c(F)cccc2F)Oc2ccc(F)cc21. The van der Waals surface area contributed by atoms with Crippen LogP contribution in [0.2, 0.25) is 0 Å². The molecule has 2 aromatic carbocycles. The van der Waals surface area contributed by atoms with E-state index in [0.29, 0.717) is 11.3 Å². The van der Waals surface area contributed by atoms with Crippen molar-refractivity contribution in [1.82, 2.24) is 0 Å². The lowest BCUT2D eigenvalue weighted by atomic mass is 9.93. The lowest BCUT2D eigenvalue weighted by Crippen LogP contribution is -2.25. The van der Waals surface area contributed by atoms with Crippen LogP contribution in [0.4, 0.5) is 13.2 Å². The molecule has 0 saturated heterocycles. The summed E-state index contributed by atoms with van der Waals surface area (Å²) in [6, 6.07) is 7.05. The molecule has 0 bridgehead atoms. The molecule has 0 aliphatic carbocycles. The van der Waals surface area contributed by atoms with E-state index in [1.54, 1.807) is 0 Å². The summed E-state index contributed by atoms with van der Waals surface area (Å²) in [6.45, 7) is 0. The molecule has 1 aliphatic heterocycles. The van der Waals surface area contributed by atoms with Gasteiger partial charge in [-0.3, -0.25) is 0 Å². The zero-order valence-electron chi connectivity index (χ0n) is 10.4. The van der Waals surface area contributed by atoms with Gasteiger partial charge in [0.05, 0.1) is 5.56 Å². The summed E-state index contributed by atoms with van der Waals surface area (Å²) in [7, 11) is 0. The third kappa shape index (κ3) is 2.14. The summed E-state index contributed by atoms with van der Waals surface area (Å²) in [6.07, 6.45) is -0.627. The molecule has 2 N–H and O–H groups in total. The molecule has 3 rings (SSSR count). The molecule has 104 valence electrons. The molecule has 0 amide bonds. The van der Waals surface area contributed by atoms with Crippen molar-refractivity contribution in [1.29, 1.82) is 0 Å². The first kappa shape index (κ1) is 13.0. The highest BCUT2D eigenvalue weighted by Gasteiger charge is 2.31. The average Bonchev–Trinajstić information content (AvgIpc) is 2.39. The van der Waals surface area contributed by atoms with Crippen LogP contribution in [-0.4, -0.2) is 0 Å². The van der Waals surface area contributed by atoms with Gasteiger partial charge in [-0.05, 0) is 30.3 Å². The van der Waals surface area contributed by atoms with Gasteiger partial charge < -0.3 is 10.5 Å². The summed E-state index contributed by atoms with van der Waals surface area (Å²) in [5.41, 5.74) is 6.32. The van der Waals surface area contributed by atoms with Gasteiger partial charge >= 0.3 is 0 Å². The molecule has 0 spiro atoms. The van der Waals surface area contributed by atoms with E-state index in [1.165, 1.54) is 36.4 Å². The predicted octanol–water partition coefficient (Wildman–Crippen LogP) is 3.63. The van der Waals surface area contributed by atoms with Gasteiger partial charge in [-0.15, -0.1) is 0 Å². The van der Waals surface area contributed by atoms with Crippen molar-refractivity contribution in [3.8, 4) is 5.75 Å². The number of ether oxygens (including phenoxy) is 1. The van der Waals surface area contributed by atoms with E-state index in [4.69, 9.17) is 10.5 Å². The van der Waals surface area contributed by atoms with Gasteiger partial charge in [-0.25, -0.2) is 13.2 Å². The van der Waals surface area contributed by atoms with Crippen LogP contribution in [-0.2, 0) is 0 Å². The monoisotopic (exact) mass is 279 g/mol. The summed E-state index contributed by atoms with van der Waals surface area (Å²) < 4.78 is 46.3. The van der Waals surface area contributed by atoms with Crippen molar-refractivity contribution in [2.75, 3.05) is 0 Å². The number of benzene rings is 2. The van der Waals surface area contributed by atoms with Crippen LogP contribution in [0, 0.1) is 17.5 Å². The highest BCUT2D eigenvalue weighted by atomic mass is 19.1. The molecule has 2 atom stereocenters. The molecule has 2 nitrogen and oxygen atoms in total. The van der Waals surface area contributed by atoms with Crippen LogP contribution < -0.4 is 10.5 Å². The second-order valence-electron chi connectivity index (χ2n) is 4.77. The molecule has 0 saturated carbocycles. The van der Waals surface area contributed by atoms with Crippen molar-refractivity contribution < 1.29 is 17.9 Å². The van der Waals surface area contributed by atoms with Crippen LogP contribution in [0.5, 0.6) is 5.75 Å². The number of hydrogen-bond acceptors (Lipinski definition) is 2. The van der Waals surface area contributed by atoms with Crippen molar-refractivity contribution in [3.05, 3.63) is 65.0 Å². The largest absolute Gasteiger partial charge is 0.485 e. The van der Waals surface area contributed by atoms with Gasteiger partial charge in [0.2, 0.25) is 0 Å². The van der Waals surface area contributed by atoms with Crippen LogP contribution in [0.15, 0.2) is 36.4 Å². The van der Waals surface area contributed by atoms with E-state index in [-0.39, 0.29) is 12.0 Å². The Labute approximate surface area is 114 Å². The number of fused-ring (bicyclic) bond motifs is 1. The Morgan fingerprint density at radius 2 is 1.75 bits per heavy atom. The second-order valence-corrected chi connectivity index (χ2v) is 4.77. The minimum absolute atomic E-state index is 0.141. The maximum absolute atomic E-state index is 13.8. The number of rotatable bonds is 1. The number of halogens is 3. The molecule has 20 heavy (non-hydrogen) atoms. The van der Waals surface area contributed by atoms with Gasteiger partial charge in [-0.1, -0.05) is 6.07 Å². The average molecular weight is 279 g/mol. The molecule has 5 heteroatoms. The first-order chi connectivity index (χ1) is 9.56. The summed E-state index contributed by atoms with van der Waals surface area (Å²) in [4.78, 5) is 0. The quantitative estimate of drug-likeness (QED) is 0.865. The zero-order valence-corrected chi connectivity index (χ0v) is 10.4. The summed E-state index contributed by atoms with van der Waals surface area (Å²) >= 11 is 0. The van der Waals surface area contributed by atoms with E-state index in [0.717, 1.165) is 0 Å². The fourth-order valence-corrected chi connectivity index (χ4v) is 2.47. The van der Waals surface area contributed by atoms with Crippen molar-refractivity contribution in [3.63, 3.8) is 0 Å². The summed E-state index contributed by atoms with van der Waals surface area (Å²) in [5.74, 6) is -1.41. The van der Waals surface area contributed by atoms with Gasteiger partial charge in [-0.2, -0.15) is 0 Å². The third-order valence-corrected chi connectivity index (χ3v) is 3.43. The lowest BCUT2D eigenvalue weighted by Gasteiger charge is -2.30. The minimum atomic E-state index is -0.816. The maximum Gasteiger partial charge on any atom is 0.133 e. The van der Waals surface area contributed by atoms with Crippen LogP contribution in [0.1, 0.15) is 29.7 Å². The highest BCUT2D eigenvalue weighted by Crippen LogP contribution is 2.41. The topological polar surface area (TPSA) is 35.2 Å². The van der Waals surface area contributed by atoms with Gasteiger partial charge in [0.25, 0.3) is 0 Å². The molecule has 0 radical (unpaired) electrons. The maximum atomic E-state index is 13.8. The van der Waals surface area contributed by atoms with Crippen molar-refractivity contribution in [2.45, 2.75) is 18.6 Å². The van der Waals surface area contributed by atoms with E-state index in [2.05, 4.69) is 0 Å². The van der Waals surface area contributed by atoms with E-state index >= 15 is 0 Å². The Hall–Kier alpha value is -2.01. The Balaban J connectivity index is 2.01. The molecule has 2 aromatic rings. The minimum Gasteiger partial charge on any atom is -0.485 e. The Morgan fingerprint density at radius 3 is 2.45 bits per heavy atom. The molecular formula is C15H12F3NO. The second kappa shape index (κ2) is 4.83. The van der Waals surface area contributed by atoms with Crippen molar-refractivity contribution in [2.24, 2.45) is 5.73 Å². The fourth-order valence-electron chi connectivity index (χ4n) is 2.47. The first-order valence-electron chi connectivity index (χ1n) is 6.22. The summed E-state index contributed by atoms with van der Waals surface area (Å²) in [5, 5.41) is 0. The van der Waals surface area contributed by atoms with E-state index in [1.807, 2.05) is 0 Å². The fraction of sp³-hybridized carbons (Fsp3) is 0.200. The van der Waals surface area contributed by atoms with Gasteiger partial charge in [0.1, 0.15) is 29.3 Å². The molecular weight excluding hydrogens is 267 g/mol. The zero-order chi connectivity index (χ0) is 14.3. The van der Waals surface area contributed by atoms with Gasteiger partial charge in [0.15, 0.2) is 0 Å². The Kier molecular flexibility index (Phi) is 3.14. The third-order valence-electron chi connectivity index (χ3n) is 3.43. The van der Waals surface area contributed by atoms with Crippen LogP contribution in [0.3, 0.4) is 0 Å². The smallest absolute Gasteiger partial charge is 0.133 e. The normalized spacial score (nSPS) is 21.2. The number of nitrogens with two attached hydrogens (primary N) is 1. The molecule has 0 fully saturated rings. The Bertz CT molecular complexity index is 639. The van der Waals surface area contributed by atoms with Crippen molar-refractivity contribution >= 4 is 0 Å². The Morgan fingerprint density at radius 1 is 1.05 bits per heavy atom. The van der Waals surface area contributed by atoms with E-state index < -0.39 is 29.6 Å². The highest BCUT2D eigenvalue weighted by molar-refractivity contribution is 5.39. The first-order valence-corrected chi connectivity index (χ1v) is 6.22. The predicted molar refractivity (Wildman–Crippen MR) is 67.7 cm³/mol. The molecule has 1 heterocycles. The van der Waals surface area contributed by atoms with Crippen LogP contribution in [0.25, 0.3) is 0 Å². The van der Waals surface area contributed by atoms with E-state index in [9.17, 15) is 13.2 Å². The molecule has 1 aliphatic rings. The van der Waals surface area contributed by atoms with Crippen LogP contribution >= 0.6 is 0 Å². The van der Waals surface area contributed by atoms with Gasteiger partial charge in [0, 0.05) is 18.0 Å². The number of hydrogen-bond donors (Lipinski definition) is 1. The molecule has 0 aromatic heterocycles. The molecule has 1 unspecified atom stereocenters. The standard InChI is InChI=1S/C15H12F3NO/c16-8-4-5-13-9(6-8)12(19)7-14(20-13)15-10(17)2-1-3-11(15)18/h1-6,12,14H,7,19H2/t12-,14?/m0/s1. The lowest BCUT2D eigenvalue weighted by molar-refractivity contribution is 0.152.